The van der Waals surface area contributed by atoms with E-state index in [1.165, 1.54) is 11.1 Å². The van der Waals surface area contributed by atoms with Crippen LogP contribution in [-0.2, 0) is 4.74 Å². The Morgan fingerprint density at radius 3 is 2.18 bits per heavy atom. The zero-order chi connectivity index (χ0) is 12.8. The predicted molar refractivity (Wildman–Crippen MR) is 73.0 cm³/mol. The monoisotopic (exact) mass is 235 g/mol. The molecule has 2 heteroatoms. The van der Waals surface area contributed by atoms with Crippen LogP contribution < -0.4 is 5.73 Å². The number of aryl methyl sites for hydroxylation is 1. The maximum absolute atomic E-state index is 6.17. The smallest absolute Gasteiger partial charge is 0.0979 e. The summed E-state index contributed by atoms with van der Waals surface area (Å²) in [5, 5.41) is 0. The van der Waals surface area contributed by atoms with Gasteiger partial charge in [0.15, 0.2) is 0 Å². The van der Waals surface area contributed by atoms with Crippen LogP contribution in [0.15, 0.2) is 24.3 Å². The fourth-order valence-electron chi connectivity index (χ4n) is 1.74. The van der Waals surface area contributed by atoms with Gasteiger partial charge in [-0.25, -0.2) is 0 Å². The molecule has 0 spiro atoms. The zero-order valence-corrected chi connectivity index (χ0v) is 11.4. The maximum atomic E-state index is 6.17. The van der Waals surface area contributed by atoms with Crippen molar-refractivity contribution in [2.45, 2.75) is 58.8 Å². The molecule has 3 unspecified atom stereocenters. The quantitative estimate of drug-likeness (QED) is 0.818. The van der Waals surface area contributed by atoms with Gasteiger partial charge in [-0.2, -0.15) is 0 Å². The van der Waals surface area contributed by atoms with E-state index in [9.17, 15) is 0 Å². The Hall–Kier alpha value is -0.860. The minimum atomic E-state index is 0.00977. The minimum absolute atomic E-state index is 0.00977. The summed E-state index contributed by atoms with van der Waals surface area (Å²) in [6.07, 6.45) is 2.20. The highest BCUT2D eigenvalue weighted by Gasteiger charge is 2.20. The molecule has 0 amide bonds. The Labute approximate surface area is 105 Å². The van der Waals surface area contributed by atoms with Crippen molar-refractivity contribution >= 4 is 0 Å². The molecule has 2 nitrogen and oxygen atoms in total. The molecule has 1 rings (SSSR count). The first-order chi connectivity index (χ1) is 8.08. The van der Waals surface area contributed by atoms with E-state index in [-0.39, 0.29) is 18.2 Å². The molecule has 17 heavy (non-hydrogen) atoms. The van der Waals surface area contributed by atoms with E-state index in [0.29, 0.717) is 0 Å². The van der Waals surface area contributed by atoms with Gasteiger partial charge in [-0.15, -0.1) is 0 Å². The van der Waals surface area contributed by atoms with Crippen molar-refractivity contribution in [3.63, 3.8) is 0 Å². The van der Waals surface area contributed by atoms with Gasteiger partial charge in [-0.3, -0.25) is 0 Å². The summed E-state index contributed by atoms with van der Waals surface area (Å²) in [4.78, 5) is 0. The molecular formula is C15H25NO. The van der Waals surface area contributed by atoms with Crippen LogP contribution in [0.1, 0.15) is 50.8 Å². The van der Waals surface area contributed by atoms with Gasteiger partial charge in [0, 0.05) is 6.04 Å². The molecule has 1 aromatic carbocycles. The molecule has 0 bridgehead atoms. The predicted octanol–water partition coefficient (Wildman–Crippen LogP) is 3.59. The van der Waals surface area contributed by atoms with E-state index in [1.54, 1.807) is 0 Å². The standard InChI is InChI=1S/C15H25NO/c1-5-12(4)17-15(14(16)6-2)13-9-7-11(3)8-10-13/h7-10,12,14-15H,5-6,16H2,1-4H3. The summed E-state index contributed by atoms with van der Waals surface area (Å²) < 4.78 is 6.05. The summed E-state index contributed by atoms with van der Waals surface area (Å²) in [5.41, 5.74) is 8.62. The fraction of sp³-hybridized carbons (Fsp3) is 0.600. The lowest BCUT2D eigenvalue weighted by molar-refractivity contribution is -0.0197. The second-order valence-electron chi connectivity index (χ2n) is 4.76. The molecule has 0 radical (unpaired) electrons. The van der Waals surface area contributed by atoms with E-state index >= 15 is 0 Å². The van der Waals surface area contributed by atoms with Crippen molar-refractivity contribution in [3.05, 3.63) is 35.4 Å². The molecule has 0 aliphatic carbocycles. The summed E-state index contributed by atoms with van der Waals surface area (Å²) in [6.45, 7) is 8.43. The second-order valence-corrected chi connectivity index (χ2v) is 4.76. The van der Waals surface area contributed by atoms with Crippen molar-refractivity contribution in [3.8, 4) is 0 Å². The highest BCUT2D eigenvalue weighted by molar-refractivity contribution is 5.24. The zero-order valence-electron chi connectivity index (χ0n) is 11.4. The Morgan fingerprint density at radius 1 is 1.12 bits per heavy atom. The number of hydrogen-bond acceptors (Lipinski definition) is 2. The van der Waals surface area contributed by atoms with Crippen LogP contribution in [0.4, 0.5) is 0 Å². The highest BCUT2D eigenvalue weighted by Crippen LogP contribution is 2.24. The third-order valence-corrected chi connectivity index (χ3v) is 3.22. The average molecular weight is 235 g/mol. The first-order valence-corrected chi connectivity index (χ1v) is 6.56. The number of hydrogen-bond donors (Lipinski definition) is 1. The van der Waals surface area contributed by atoms with Crippen LogP contribution in [0, 0.1) is 6.92 Å². The van der Waals surface area contributed by atoms with Crippen LogP contribution in [0.3, 0.4) is 0 Å². The van der Waals surface area contributed by atoms with Crippen molar-refractivity contribution in [2.75, 3.05) is 0 Å². The third kappa shape index (κ3) is 4.14. The van der Waals surface area contributed by atoms with Gasteiger partial charge in [0.1, 0.15) is 0 Å². The molecule has 0 aliphatic rings. The SMILES string of the molecule is CCC(C)OC(c1ccc(C)cc1)C(N)CC. The lowest BCUT2D eigenvalue weighted by Crippen LogP contribution is -2.31. The second kappa shape index (κ2) is 6.77. The lowest BCUT2D eigenvalue weighted by atomic mass is 9.99. The highest BCUT2D eigenvalue weighted by atomic mass is 16.5. The summed E-state index contributed by atoms with van der Waals surface area (Å²) >= 11 is 0. The number of benzene rings is 1. The molecule has 2 N–H and O–H groups in total. The van der Waals surface area contributed by atoms with Gasteiger partial charge in [-0.05, 0) is 32.3 Å². The molecule has 0 aliphatic heterocycles. The largest absolute Gasteiger partial charge is 0.369 e. The van der Waals surface area contributed by atoms with E-state index in [2.05, 4.69) is 52.0 Å². The van der Waals surface area contributed by atoms with Gasteiger partial charge < -0.3 is 10.5 Å². The van der Waals surface area contributed by atoms with Crippen LogP contribution in [0.5, 0.6) is 0 Å². The Bertz CT molecular complexity index is 320. The lowest BCUT2D eigenvalue weighted by Gasteiger charge is -2.27. The first-order valence-electron chi connectivity index (χ1n) is 6.56. The summed E-state index contributed by atoms with van der Waals surface area (Å²) in [5.74, 6) is 0. The topological polar surface area (TPSA) is 35.2 Å². The van der Waals surface area contributed by atoms with Gasteiger partial charge >= 0.3 is 0 Å². The third-order valence-electron chi connectivity index (χ3n) is 3.22. The molecular weight excluding hydrogens is 210 g/mol. The molecule has 0 saturated carbocycles. The molecule has 3 atom stereocenters. The molecule has 0 aromatic heterocycles. The maximum Gasteiger partial charge on any atom is 0.0979 e. The van der Waals surface area contributed by atoms with Crippen molar-refractivity contribution in [1.29, 1.82) is 0 Å². The fourth-order valence-corrected chi connectivity index (χ4v) is 1.74. The van der Waals surface area contributed by atoms with E-state index in [1.807, 2.05) is 0 Å². The van der Waals surface area contributed by atoms with Gasteiger partial charge in [0.2, 0.25) is 0 Å². The van der Waals surface area contributed by atoms with E-state index in [4.69, 9.17) is 10.5 Å². The van der Waals surface area contributed by atoms with E-state index < -0.39 is 0 Å². The summed E-state index contributed by atoms with van der Waals surface area (Å²) in [6, 6.07) is 8.54. The van der Waals surface area contributed by atoms with Crippen LogP contribution in [0.25, 0.3) is 0 Å². The van der Waals surface area contributed by atoms with Crippen molar-refractivity contribution < 1.29 is 4.74 Å². The average Bonchev–Trinajstić information content (AvgIpc) is 2.36. The minimum Gasteiger partial charge on any atom is -0.369 e. The van der Waals surface area contributed by atoms with Gasteiger partial charge in [0.05, 0.1) is 12.2 Å². The molecule has 0 saturated heterocycles. The van der Waals surface area contributed by atoms with Crippen molar-refractivity contribution in [2.24, 2.45) is 5.73 Å². The van der Waals surface area contributed by atoms with Crippen LogP contribution in [0.2, 0.25) is 0 Å². The molecule has 96 valence electrons. The molecule has 0 heterocycles. The van der Waals surface area contributed by atoms with E-state index in [0.717, 1.165) is 12.8 Å². The van der Waals surface area contributed by atoms with Crippen molar-refractivity contribution in [1.82, 2.24) is 0 Å². The Morgan fingerprint density at radius 2 is 1.71 bits per heavy atom. The Kier molecular flexibility index (Phi) is 5.66. The molecule has 1 aromatic rings. The Balaban J connectivity index is 2.85. The molecule has 0 fully saturated rings. The van der Waals surface area contributed by atoms with Gasteiger partial charge in [0.25, 0.3) is 0 Å². The number of rotatable bonds is 6. The number of ether oxygens (including phenoxy) is 1. The number of nitrogens with two attached hydrogens (primary N) is 1. The first kappa shape index (κ1) is 14.2. The van der Waals surface area contributed by atoms with Gasteiger partial charge in [-0.1, -0.05) is 43.7 Å². The normalized spacial score (nSPS) is 16.5. The van der Waals surface area contributed by atoms with Crippen LogP contribution in [-0.4, -0.2) is 12.1 Å². The van der Waals surface area contributed by atoms with Crippen LogP contribution >= 0.6 is 0 Å². The summed E-state index contributed by atoms with van der Waals surface area (Å²) in [7, 11) is 0.